The first-order valence-electron chi connectivity index (χ1n) is 6.84. The standard InChI is InChI=1S/C17H17BrFNO2/c1-11-4-7-14(8-5-11)20(3)17(21)12(2)22-16-9-6-13(19)10-15(16)18/h4-10,12H,1-3H3. The van der Waals surface area contributed by atoms with Crippen molar-refractivity contribution >= 4 is 27.5 Å². The molecule has 5 heteroatoms. The number of amides is 1. The summed E-state index contributed by atoms with van der Waals surface area (Å²) in [6.07, 6.45) is -0.687. The number of aryl methyl sites for hydroxylation is 1. The van der Waals surface area contributed by atoms with E-state index in [2.05, 4.69) is 15.9 Å². The highest BCUT2D eigenvalue weighted by molar-refractivity contribution is 9.10. The van der Waals surface area contributed by atoms with Crippen LogP contribution in [0.4, 0.5) is 10.1 Å². The van der Waals surface area contributed by atoms with E-state index in [0.717, 1.165) is 11.3 Å². The molecular formula is C17H17BrFNO2. The number of ether oxygens (including phenoxy) is 1. The normalized spacial score (nSPS) is 11.9. The number of anilines is 1. The van der Waals surface area contributed by atoms with Gasteiger partial charge in [-0.25, -0.2) is 4.39 Å². The van der Waals surface area contributed by atoms with Crippen molar-refractivity contribution in [1.29, 1.82) is 0 Å². The lowest BCUT2D eigenvalue weighted by Gasteiger charge is -2.22. The maximum Gasteiger partial charge on any atom is 0.267 e. The van der Waals surface area contributed by atoms with Gasteiger partial charge in [0.15, 0.2) is 6.10 Å². The first-order valence-corrected chi connectivity index (χ1v) is 7.63. The quantitative estimate of drug-likeness (QED) is 0.806. The first-order chi connectivity index (χ1) is 10.4. The van der Waals surface area contributed by atoms with Crippen molar-refractivity contribution in [2.75, 3.05) is 11.9 Å². The summed E-state index contributed by atoms with van der Waals surface area (Å²) in [5.74, 6) is -0.116. The second-order valence-corrected chi connectivity index (χ2v) is 5.92. The van der Waals surface area contributed by atoms with Gasteiger partial charge in [0, 0.05) is 12.7 Å². The molecule has 116 valence electrons. The van der Waals surface area contributed by atoms with Crippen LogP contribution >= 0.6 is 15.9 Å². The highest BCUT2D eigenvalue weighted by atomic mass is 79.9. The van der Waals surface area contributed by atoms with Crippen LogP contribution in [0, 0.1) is 12.7 Å². The van der Waals surface area contributed by atoms with E-state index in [4.69, 9.17) is 4.74 Å². The van der Waals surface area contributed by atoms with Crippen LogP contribution in [0.15, 0.2) is 46.9 Å². The highest BCUT2D eigenvalue weighted by Crippen LogP contribution is 2.27. The third kappa shape index (κ3) is 3.85. The molecule has 0 N–H and O–H groups in total. The molecule has 1 atom stereocenters. The second kappa shape index (κ2) is 6.92. The SMILES string of the molecule is Cc1ccc(N(C)C(=O)C(C)Oc2ccc(F)cc2Br)cc1. The summed E-state index contributed by atoms with van der Waals surface area (Å²) in [6.45, 7) is 3.66. The Labute approximate surface area is 137 Å². The van der Waals surface area contributed by atoms with Gasteiger partial charge in [-0.05, 0) is 60.1 Å². The fourth-order valence-corrected chi connectivity index (χ4v) is 2.42. The van der Waals surface area contributed by atoms with Gasteiger partial charge in [0.25, 0.3) is 5.91 Å². The number of carbonyl (C=O) groups excluding carboxylic acids is 1. The Bertz CT molecular complexity index is 673. The van der Waals surface area contributed by atoms with E-state index in [1.54, 1.807) is 18.9 Å². The van der Waals surface area contributed by atoms with Crippen LogP contribution < -0.4 is 9.64 Å². The molecule has 0 aliphatic carbocycles. The molecule has 0 aromatic heterocycles. The van der Waals surface area contributed by atoms with Crippen LogP contribution in [0.25, 0.3) is 0 Å². The predicted molar refractivity (Wildman–Crippen MR) is 88.8 cm³/mol. The van der Waals surface area contributed by atoms with E-state index < -0.39 is 6.10 Å². The van der Waals surface area contributed by atoms with Crippen molar-refractivity contribution in [3.8, 4) is 5.75 Å². The molecule has 0 saturated carbocycles. The van der Waals surface area contributed by atoms with Gasteiger partial charge in [-0.1, -0.05) is 17.7 Å². The molecule has 0 aliphatic rings. The number of rotatable bonds is 4. The number of hydrogen-bond donors (Lipinski definition) is 0. The molecular weight excluding hydrogens is 349 g/mol. The fraction of sp³-hybridized carbons (Fsp3) is 0.235. The van der Waals surface area contributed by atoms with Crippen LogP contribution in [0.3, 0.4) is 0 Å². The van der Waals surface area contributed by atoms with Gasteiger partial charge in [-0.3, -0.25) is 4.79 Å². The number of halogens is 2. The zero-order valence-corrected chi connectivity index (χ0v) is 14.2. The van der Waals surface area contributed by atoms with Crippen LogP contribution in [0.2, 0.25) is 0 Å². The number of nitrogens with zero attached hydrogens (tertiary/aromatic N) is 1. The van der Waals surface area contributed by atoms with Crippen LogP contribution in [0.1, 0.15) is 12.5 Å². The molecule has 0 aliphatic heterocycles. The van der Waals surface area contributed by atoms with Crippen molar-refractivity contribution in [2.45, 2.75) is 20.0 Å². The Kier molecular flexibility index (Phi) is 5.19. The predicted octanol–water partition coefficient (Wildman–Crippen LogP) is 4.33. The van der Waals surface area contributed by atoms with E-state index >= 15 is 0 Å². The molecule has 0 heterocycles. The maximum absolute atomic E-state index is 13.1. The zero-order valence-electron chi connectivity index (χ0n) is 12.6. The average Bonchev–Trinajstić information content (AvgIpc) is 2.49. The van der Waals surface area contributed by atoms with Crippen molar-refractivity contribution in [3.63, 3.8) is 0 Å². The Balaban J connectivity index is 2.09. The lowest BCUT2D eigenvalue weighted by molar-refractivity contribution is -0.124. The molecule has 2 rings (SSSR count). The molecule has 0 spiro atoms. The molecule has 2 aromatic rings. The molecule has 2 aromatic carbocycles. The Morgan fingerprint density at radius 3 is 2.45 bits per heavy atom. The molecule has 22 heavy (non-hydrogen) atoms. The molecule has 1 unspecified atom stereocenters. The molecule has 0 bridgehead atoms. The summed E-state index contributed by atoms with van der Waals surface area (Å²) in [6, 6.07) is 11.7. The molecule has 0 radical (unpaired) electrons. The highest BCUT2D eigenvalue weighted by Gasteiger charge is 2.21. The smallest absolute Gasteiger partial charge is 0.267 e. The first kappa shape index (κ1) is 16.5. The van der Waals surface area contributed by atoms with E-state index in [1.165, 1.54) is 18.2 Å². The van der Waals surface area contributed by atoms with Crippen LogP contribution in [0.5, 0.6) is 5.75 Å². The van der Waals surface area contributed by atoms with E-state index in [0.29, 0.717) is 10.2 Å². The molecule has 0 saturated heterocycles. The molecule has 0 fully saturated rings. The number of hydrogen-bond acceptors (Lipinski definition) is 2. The molecule has 3 nitrogen and oxygen atoms in total. The van der Waals surface area contributed by atoms with Crippen molar-refractivity contribution < 1.29 is 13.9 Å². The topological polar surface area (TPSA) is 29.5 Å². The minimum absolute atomic E-state index is 0.180. The second-order valence-electron chi connectivity index (χ2n) is 5.07. The fourth-order valence-electron chi connectivity index (χ4n) is 1.98. The van der Waals surface area contributed by atoms with Gasteiger partial charge >= 0.3 is 0 Å². The van der Waals surface area contributed by atoms with Gasteiger partial charge in [0.2, 0.25) is 0 Å². The summed E-state index contributed by atoms with van der Waals surface area (Å²) < 4.78 is 19.2. The minimum atomic E-state index is -0.687. The summed E-state index contributed by atoms with van der Waals surface area (Å²) in [5, 5.41) is 0. The Morgan fingerprint density at radius 2 is 1.86 bits per heavy atom. The Hall–Kier alpha value is -1.88. The van der Waals surface area contributed by atoms with E-state index in [1.807, 2.05) is 31.2 Å². The van der Waals surface area contributed by atoms with Gasteiger partial charge in [0.1, 0.15) is 11.6 Å². The largest absolute Gasteiger partial charge is 0.480 e. The van der Waals surface area contributed by atoms with Crippen molar-refractivity contribution in [1.82, 2.24) is 0 Å². The lowest BCUT2D eigenvalue weighted by atomic mass is 10.2. The third-order valence-electron chi connectivity index (χ3n) is 3.30. The number of benzene rings is 2. The van der Waals surface area contributed by atoms with Gasteiger partial charge in [-0.15, -0.1) is 0 Å². The van der Waals surface area contributed by atoms with Gasteiger partial charge in [-0.2, -0.15) is 0 Å². The third-order valence-corrected chi connectivity index (χ3v) is 3.92. The Morgan fingerprint density at radius 1 is 1.23 bits per heavy atom. The monoisotopic (exact) mass is 365 g/mol. The summed E-state index contributed by atoms with van der Waals surface area (Å²) in [5.41, 5.74) is 1.92. The summed E-state index contributed by atoms with van der Waals surface area (Å²) in [7, 11) is 1.70. The van der Waals surface area contributed by atoms with Crippen molar-refractivity contribution in [3.05, 3.63) is 58.3 Å². The molecule has 1 amide bonds. The van der Waals surface area contributed by atoms with Crippen LogP contribution in [-0.2, 0) is 4.79 Å². The lowest BCUT2D eigenvalue weighted by Crippen LogP contribution is -2.38. The maximum atomic E-state index is 13.1. The van der Waals surface area contributed by atoms with E-state index in [-0.39, 0.29) is 11.7 Å². The van der Waals surface area contributed by atoms with Gasteiger partial charge < -0.3 is 9.64 Å². The summed E-state index contributed by atoms with van der Waals surface area (Å²) in [4.78, 5) is 14.0. The minimum Gasteiger partial charge on any atom is -0.480 e. The number of carbonyl (C=O) groups is 1. The number of likely N-dealkylation sites (N-methyl/N-ethyl adjacent to an activating group) is 1. The summed E-state index contributed by atoms with van der Waals surface area (Å²) >= 11 is 3.22. The zero-order chi connectivity index (χ0) is 16.3. The average molecular weight is 366 g/mol. The van der Waals surface area contributed by atoms with Crippen LogP contribution in [-0.4, -0.2) is 19.1 Å². The van der Waals surface area contributed by atoms with Gasteiger partial charge in [0.05, 0.1) is 4.47 Å². The van der Waals surface area contributed by atoms with E-state index in [9.17, 15) is 9.18 Å². The van der Waals surface area contributed by atoms with Crippen molar-refractivity contribution in [2.24, 2.45) is 0 Å².